The van der Waals surface area contributed by atoms with Gasteiger partial charge >= 0.3 is 0 Å². The zero-order valence-corrected chi connectivity index (χ0v) is 10.9. The molecule has 0 aromatic heterocycles. The van der Waals surface area contributed by atoms with Gasteiger partial charge in [-0.2, -0.15) is 0 Å². The second-order valence-corrected chi connectivity index (χ2v) is 4.95. The molecule has 1 aliphatic rings. The number of rotatable bonds is 3. The van der Waals surface area contributed by atoms with Crippen LogP contribution in [0.3, 0.4) is 0 Å². The molecule has 17 heavy (non-hydrogen) atoms. The van der Waals surface area contributed by atoms with Crippen LogP contribution in [-0.4, -0.2) is 12.4 Å². The Bertz CT molecular complexity index is 392. The quantitative estimate of drug-likeness (QED) is 0.617. The normalized spacial score (nSPS) is 16.1. The highest BCUT2D eigenvalue weighted by atomic mass is 15.2. The Morgan fingerprint density at radius 2 is 2.06 bits per heavy atom. The van der Waals surface area contributed by atoms with Crippen molar-refractivity contribution in [1.29, 1.82) is 5.41 Å². The predicted octanol–water partition coefficient (Wildman–Crippen LogP) is 3.99. The van der Waals surface area contributed by atoms with Crippen LogP contribution in [0.1, 0.15) is 38.2 Å². The van der Waals surface area contributed by atoms with Gasteiger partial charge in [-0.25, -0.2) is 0 Å². The summed E-state index contributed by atoms with van der Waals surface area (Å²) in [5.74, 6) is 1.30. The van der Waals surface area contributed by atoms with Crippen molar-refractivity contribution in [3.63, 3.8) is 0 Å². The molecule has 1 aliphatic carbocycles. The number of amidine groups is 1. The van der Waals surface area contributed by atoms with Gasteiger partial charge in [0.25, 0.3) is 0 Å². The van der Waals surface area contributed by atoms with E-state index in [2.05, 4.69) is 43.0 Å². The molecule has 2 nitrogen and oxygen atoms in total. The molecule has 2 heteroatoms. The fourth-order valence-corrected chi connectivity index (χ4v) is 2.71. The molecule has 1 saturated carbocycles. The number of benzene rings is 1. The zero-order valence-electron chi connectivity index (χ0n) is 10.9. The molecule has 92 valence electrons. The second kappa shape index (κ2) is 5.35. The van der Waals surface area contributed by atoms with Crippen molar-refractivity contribution in [1.82, 2.24) is 0 Å². The Kier molecular flexibility index (Phi) is 3.82. The van der Waals surface area contributed by atoms with Crippen LogP contribution in [0.5, 0.6) is 0 Å². The summed E-state index contributed by atoms with van der Waals surface area (Å²) in [5, 5.41) is 8.38. The van der Waals surface area contributed by atoms with Crippen LogP contribution in [0.2, 0.25) is 0 Å². The van der Waals surface area contributed by atoms with E-state index in [1.807, 2.05) is 0 Å². The van der Waals surface area contributed by atoms with Gasteiger partial charge in [0, 0.05) is 18.2 Å². The molecule has 0 heterocycles. The van der Waals surface area contributed by atoms with Crippen molar-refractivity contribution in [3.05, 3.63) is 29.8 Å². The maximum absolute atomic E-state index is 8.38. The molecule has 0 aliphatic heterocycles. The molecule has 2 rings (SSSR count). The van der Waals surface area contributed by atoms with Gasteiger partial charge in [-0.3, -0.25) is 5.41 Å². The lowest BCUT2D eigenvalue weighted by atomic mass is 10.1. The van der Waals surface area contributed by atoms with Crippen LogP contribution in [0.15, 0.2) is 24.3 Å². The molecule has 0 saturated heterocycles. The third kappa shape index (κ3) is 2.68. The largest absolute Gasteiger partial charge is 0.330 e. The molecule has 0 unspecified atom stereocenters. The van der Waals surface area contributed by atoms with Gasteiger partial charge in [0.15, 0.2) is 0 Å². The molecule has 1 N–H and O–H groups in total. The number of hydrogen-bond donors (Lipinski definition) is 1. The first-order valence-corrected chi connectivity index (χ1v) is 6.65. The summed E-state index contributed by atoms with van der Waals surface area (Å²) in [6, 6.07) is 8.47. The summed E-state index contributed by atoms with van der Waals surface area (Å²) in [7, 11) is 0. The minimum atomic E-state index is 0.482. The van der Waals surface area contributed by atoms with Gasteiger partial charge in [-0.05, 0) is 44.4 Å². The average Bonchev–Trinajstić information content (AvgIpc) is 2.83. The Morgan fingerprint density at radius 1 is 1.35 bits per heavy atom. The first-order valence-electron chi connectivity index (χ1n) is 6.65. The highest BCUT2D eigenvalue weighted by Gasteiger charge is 2.23. The molecule has 1 aromatic rings. The smallest absolute Gasteiger partial charge is 0.103 e. The van der Waals surface area contributed by atoms with Crippen LogP contribution in [0.4, 0.5) is 5.69 Å². The Balaban J connectivity index is 2.17. The fourth-order valence-electron chi connectivity index (χ4n) is 2.71. The van der Waals surface area contributed by atoms with Gasteiger partial charge in [-0.15, -0.1) is 0 Å². The maximum atomic E-state index is 8.38. The predicted molar refractivity (Wildman–Crippen MR) is 73.9 cm³/mol. The Labute approximate surface area is 104 Å². The lowest BCUT2D eigenvalue weighted by Crippen LogP contribution is -2.34. The van der Waals surface area contributed by atoms with E-state index < -0.39 is 0 Å². The molecular weight excluding hydrogens is 208 g/mol. The molecular formula is C15H22N2. The fraction of sp³-hybridized carbons (Fsp3) is 0.533. The highest BCUT2D eigenvalue weighted by molar-refractivity contribution is 5.97. The Morgan fingerprint density at radius 3 is 2.65 bits per heavy atom. The number of nitrogens with one attached hydrogen (secondary N) is 1. The number of anilines is 1. The molecule has 0 bridgehead atoms. The lowest BCUT2D eigenvalue weighted by molar-refractivity contribution is 0.704. The highest BCUT2D eigenvalue weighted by Crippen LogP contribution is 2.28. The van der Waals surface area contributed by atoms with Gasteiger partial charge in [0.2, 0.25) is 0 Å². The standard InChI is InChI=1S/C15H22N2/c1-3-17(14-10-6-7-12(2)11-14)15(16)13-8-4-5-9-13/h6-7,10-11,13,16H,3-5,8-9H2,1-2H3. The topological polar surface area (TPSA) is 27.1 Å². The summed E-state index contributed by atoms with van der Waals surface area (Å²) < 4.78 is 0. The van der Waals surface area contributed by atoms with Crippen molar-refractivity contribution in [2.45, 2.75) is 39.5 Å². The molecule has 0 radical (unpaired) electrons. The van der Waals surface area contributed by atoms with Crippen molar-refractivity contribution < 1.29 is 0 Å². The van der Waals surface area contributed by atoms with Crippen LogP contribution < -0.4 is 4.90 Å². The summed E-state index contributed by atoms with van der Waals surface area (Å²) >= 11 is 0. The van der Waals surface area contributed by atoms with Crippen LogP contribution in [0.25, 0.3) is 0 Å². The van der Waals surface area contributed by atoms with E-state index in [9.17, 15) is 0 Å². The van der Waals surface area contributed by atoms with Crippen LogP contribution in [0, 0.1) is 18.3 Å². The SMILES string of the molecule is CCN(C(=N)C1CCCC1)c1cccc(C)c1. The van der Waals surface area contributed by atoms with Gasteiger partial charge in [0.1, 0.15) is 5.84 Å². The number of aryl methyl sites for hydroxylation is 1. The van der Waals surface area contributed by atoms with E-state index >= 15 is 0 Å². The van der Waals surface area contributed by atoms with Crippen molar-refractivity contribution in [2.24, 2.45) is 5.92 Å². The summed E-state index contributed by atoms with van der Waals surface area (Å²) in [6.07, 6.45) is 4.97. The van der Waals surface area contributed by atoms with E-state index in [0.717, 1.165) is 12.4 Å². The summed E-state index contributed by atoms with van der Waals surface area (Å²) in [5.41, 5.74) is 2.43. The minimum Gasteiger partial charge on any atom is -0.330 e. The molecule has 1 aromatic carbocycles. The first-order chi connectivity index (χ1) is 8.22. The third-order valence-electron chi connectivity index (χ3n) is 3.66. The molecule has 0 spiro atoms. The van der Waals surface area contributed by atoms with E-state index in [-0.39, 0.29) is 0 Å². The van der Waals surface area contributed by atoms with E-state index in [0.29, 0.717) is 5.92 Å². The Hall–Kier alpha value is -1.31. The molecule has 0 atom stereocenters. The van der Waals surface area contributed by atoms with Crippen molar-refractivity contribution in [3.8, 4) is 0 Å². The molecule has 1 fully saturated rings. The van der Waals surface area contributed by atoms with Gasteiger partial charge in [-0.1, -0.05) is 25.0 Å². The van der Waals surface area contributed by atoms with Crippen LogP contribution in [-0.2, 0) is 0 Å². The lowest BCUT2D eigenvalue weighted by Gasteiger charge is -2.27. The monoisotopic (exact) mass is 230 g/mol. The first kappa shape index (κ1) is 12.2. The average molecular weight is 230 g/mol. The molecule has 0 amide bonds. The van der Waals surface area contributed by atoms with Crippen LogP contribution >= 0.6 is 0 Å². The van der Waals surface area contributed by atoms with E-state index in [4.69, 9.17) is 5.41 Å². The van der Waals surface area contributed by atoms with Gasteiger partial charge < -0.3 is 4.90 Å². The number of nitrogens with zero attached hydrogens (tertiary/aromatic N) is 1. The van der Waals surface area contributed by atoms with Crippen molar-refractivity contribution in [2.75, 3.05) is 11.4 Å². The van der Waals surface area contributed by atoms with Gasteiger partial charge in [0.05, 0.1) is 0 Å². The summed E-state index contributed by atoms with van der Waals surface area (Å²) in [4.78, 5) is 2.16. The maximum Gasteiger partial charge on any atom is 0.103 e. The number of hydrogen-bond acceptors (Lipinski definition) is 1. The minimum absolute atomic E-state index is 0.482. The zero-order chi connectivity index (χ0) is 12.3. The van der Waals surface area contributed by atoms with E-state index in [1.54, 1.807) is 0 Å². The third-order valence-corrected chi connectivity index (χ3v) is 3.66. The van der Waals surface area contributed by atoms with E-state index in [1.165, 1.54) is 36.9 Å². The van der Waals surface area contributed by atoms with Crippen molar-refractivity contribution >= 4 is 11.5 Å². The second-order valence-electron chi connectivity index (χ2n) is 4.95. The summed E-state index contributed by atoms with van der Waals surface area (Å²) in [6.45, 7) is 5.13.